The summed E-state index contributed by atoms with van der Waals surface area (Å²) >= 11 is 0. The lowest BCUT2D eigenvalue weighted by Crippen LogP contribution is -1.90. The fraction of sp³-hybridized carbons (Fsp3) is 0.111. The van der Waals surface area contributed by atoms with E-state index in [1.165, 1.54) is 0 Å². The summed E-state index contributed by atoms with van der Waals surface area (Å²) in [6.45, 7) is 2.66. The molecule has 0 N–H and O–H groups in total. The van der Waals surface area contributed by atoms with Gasteiger partial charge in [0.15, 0.2) is 0 Å². The minimum atomic E-state index is 0.685. The van der Waals surface area contributed by atoms with Crippen LogP contribution in [0.3, 0.4) is 0 Å². The van der Waals surface area contributed by atoms with Gasteiger partial charge in [0.2, 0.25) is 0 Å². The molecule has 0 amide bonds. The van der Waals surface area contributed by atoms with Crippen LogP contribution in [0.5, 0.6) is 5.75 Å². The van der Waals surface area contributed by atoms with E-state index in [9.17, 15) is 0 Å². The van der Waals surface area contributed by atoms with Crippen LogP contribution in [0, 0.1) is 11.8 Å². The molecule has 0 saturated carbocycles. The van der Waals surface area contributed by atoms with Gasteiger partial charge in [0, 0.05) is 5.56 Å². The summed E-state index contributed by atoms with van der Waals surface area (Å²) in [5.41, 5.74) is 2.14. The molecule has 94 valence electrons. The lowest BCUT2D eigenvalue weighted by molar-refractivity contribution is 0.340. The highest BCUT2D eigenvalue weighted by Gasteiger charge is 1.90. The van der Waals surface area contributed by atoms with E-state index in [2.05, 4.69) is 24.0 Å². The zero-order valence-corrected chi connectivity index (χ0v) is 11.0. The molecule has 2 aromatic carbocycles. The predicted octanol–water partition coefficient (Wildman–Crippen LogP) is 4.15. The Labute approximate surface area is 114 Å². The van der Waals surface area contributed by atoms with Gasteiger partial charge in [-0.3, -0.25) is 0 Å². The number of hydrogen-bond acceptors (Lipinski definition) is 1. The highest BCUT2D eigenvalue weighted by Crippen LogP contribution is 2.11. The smallest absolute Gasteiger partial charge is 0.119 e. The van der Waals surface area contributed by atoms with Crippen molar-refractivity contribution in [1.82, 2.24) is 0 Å². The van der Waals surface area contributed by atoms with Crippen LogP contribution < -0.4 is 4.74 Å². The van der Waals surface area contributed by atoms with Crippen molar-refractivity contribution >= 4 is 6.08 Å². The minimum absolute atomic E-state index is 0.685. The van der Waals surface area contributed by atoms with Gasteiger partial charge in [-0.15, -0.1) is 0 Å². The maximum Gasteiger partial charge on any atom is 0.119 e. The number of benzene rings is 2. The fourth-order valence-electron chi connectivity index (χ4n) is 1.63. The highest BCUT2D eigenvalue weighted by atomic mass is 16.5. The van der Waals surface area contributed by atoms with Crippen molar-refractivity contribution in [2.45, 2.75) is 6.92 Å². The van der Waals surface area contributed by atoms with Crippen molar-refractivity contribution < 1.29 is 4.74 Å². The van der Waals surface area contributed by atoms with Gasteiger partial charge in [-0.1, -0.05) is 42.2 Å². The average Bonchev–Trinajstić information content (AvgIpc) is 2.47. The van der Waals surface area contributed by atoms with Crippen molar-refractivity contribution in [3.63, 3.8) is 0 Å². The Hall–Kier alpha value is -2.46. The lowest BCUT2D eigenvalue weighted by Gasteiger charge is -2.01. The fourth-order valence-corrected chi connectivity index (χ4v) is 1.63. The molecule has 0 heterocycles. The zero-order chi connectivity index (χ0) is 13.3. The number of rotatable bonds is 3. The molecule has 0 spiro atoms. The van der Waals surface area contributed by atoms with E-state index >= 15 is 0 Å². The largest absolute Gasteiger partial charge is 0.494 e. The van der Waals surface area contributed by atoms with E-state index in [-0.39, 0.29) is 0 Å². The molecule has 0 radical (unpaired) electrons. The van der Waals surface area contributed by atoms with Crippen molar-refractivity contribution in [2.24, 2.45) is 0 Å². The molecule has 2 rings (SSSR count). The normalized spacial score (nSPS) is 9.95. The average molecular weight is 248 g/mol. The quantitative estimate of drug-likeness (QED) is 0.741. The summed E-state index contributed by atoms with van der Waals surface area (Å²) in [6, 6.07) is 17.9. The molecule has 0 aliphatic rings. The van der Waals surface area contributed by atoms with Crippen LogP contribution in [-0.2, 0) is 0 Å². The number of allylic oxidation sites excluding steroid dienone is 1. The molecular weight excluding hydrogens is 232 g/mol. The summed E-state index contributed by atoms with van der Waals surface area (Å²) in [6.07, 6.45) is 3.87. The molecule has 0 aliphatic carbocycles. The predicted molar refractivity (Wildman–Crippen MR) is 80.0 cm³/mol. The summed E-state index contributed by atoms with van der Waals surface area (Å²) in [5.74, 6) is 7.00. The van der Waals surface area contributed by atoms with E-state index in [1.807, 2.05) is 61.5 Å². The second-order valence-corrected chi connectivity index (χ2v) is 3.97. The molecule has 0 atom stereocenters. The zero-order valence-electron chi connectivity index (χ0n) is 11.0. The molecule has 0 unspecified atom stereocenters. The van der Waals surface area contributed by atoms with Crippen LogP contribution in [0.25, 0.3) is 6.08 Å². The van der Waals surface area contributed by atoms with Gasteiger partial charge in [-0.2, -0.15) is 0 Å². The van der Waals surface area contributed by atoms with E-state index in [0.717, 1.165) is 16.9 Å². The van der Waals surface area contributed by atoms with Gasteiger partial charge in [-0.25, -0.2) is 0 Å². The van der Waals surface area contributed by atoms with Crippen molar-refractivity contribution in [2.75, 3.05) is 6.61 Å². The first-order valence-electron chi connectivity index (χ1n) is 6.34. The maximum atomic E-state index is 5.38. The van der Waals surface area contributed by atoms with E-state index in [4.69, 9.17) is 4.74 Å². The summed E-state index contributed by atoms with van der Waals surface area (Å²) in [7, 11) is 0. The third-order valence-corrected chi connectivity index (χ3v) is 2.54. The standard InChI is InChI=1S/C18H16O/c1-2-19-18-14-12-17(13-15-18)11-7-6-10-16-8-4-3-5-9-16/h3-6,8-10,12-15H,2H2,1H3/b10-6+. The van der Waals surface area contributed by atoms with Crippen molar-refractivity contribution in [1.29, 1.82) is 0 Å². The van der Waals surface area contributed by atoms with Crippen LogP contribution in [0.2, 0.25) is 0 Å². The Morgan fingerprint density at radius 2 is 1.74 bits per heavy atom. The monoisotopic (exact) mass is 248 g/mol. The molecule has 0 aliphatic heterocycles. The van der Waals surface area contributed by atoms with Crippen LogP contribution in [0.4, 0.5) is 0 Å². The first-order valence-corrected chi connectivity index (χ1v) is 6.34. The first-order chi connectivity index (χ1) is 9.38. The van der Waals surface area contributed by atoms with Crippen molar-refractivity contribution in [3.8, 4) is 17.6 Å². The van der Waals surface area contributed by atoms with Crippen LogP contribution in [0.15, 0.2) is 60.7 Å². The highest BCUT2D eigenvalue weighted by molar-refractivity contribution is 5.53. The molecule has 0 bridgehead atoms. The molecule has 0 saturated heterocycles. The third kappa shape index (κ3) is 4.37. The molecule has 1 nitrogen and oxygen atoms in total. The second-order valence-electron chi connectivity index (χ2n) is 3.97. The van der Waals surface area contributed by atoms with Gasteiger partial charge >= 0.3 is 0 Å². The number of ether oxygens (including phenoxy) is 1. The summed E-state index contributed by atoms with van der Waals surface area (Å²) in [5, 5.41) is 0. The maximum absolute atomic E-state index is 5.38. The number of hydrogen-bond donors (Lipinski definition) is 0. The van der Waals surface area contributed by atoms with Crippen LogP contribution >= 0.6 is 0 Å². The van der Waals surface area contributed by atoms with Crippen LogP contribution in [0.1, 0.15) is 18.1 Å². The topological polar surface area (TPSA) is 9.23 Å². The second kappa shape index (κ2) is 7.08. The Bertz CT molecular complexity index is 583. The molecule has 19 heavy (non-hydrogen) atoms. The van der Waals surface area contributed by atoms with Gasteiger partial charge in [0.05, 0.1) is 6.61 Å². The van der Waals surface area contributed by atoms with E-state index < -0.39 is 0 Å². The molecule has 2 aromatic rings. The molecule has 0 fully saturated rings. The lowest BCUT2D eigenvalue weighted by atomic mass is 10.2. The molecular formula is C18H16O. The third-order valence-electron chi connectivity index (χ3n) is 2.54. The van der Waals surface area contributed by atoms with Crippen molar-refractivity contribution in [3.05, 3.63) is 71.8 Å². The van der Waals surface area contributed by atoms with E-state index in [0.29, 0.717) is 6.61 Å². The van der Waals surface area contributed by atoms with Gasteiger partial charge in [-0.05, 0) is 48.9 Å². The first kappa shape index (κ1) is 13.0. The Balaban J connectivity index is 1.98. The Morgan fingerprint density at radius 1 is 1.00 bits per heavy atom. The minimum Gasteiger partial charge on any atom is -0.494 e. The van der Waals surface area contributed by atoms with E-state index in [1.54, 1.807) is 0 Å². The van der Waals surface area contributed by atoms with Crippen LogP contribution in [-0.4, -0.2) is 6.61 Å². The Kier molecular flexibility index (Phi) is 4.84. The SMILES string of the molecule is CCOc1ccc(C#C/C=C/c2ccccc2)cc1. The summed E-state index contributed by atoms with van der Waals surface area (Å²) < 4.78 is 5.38. The van der Waals surface area contributed by atoms with Gasteiger partial charge < -0.3 is 4.74 Å². The molecule has 0 aromatic heterocycles. The Morgan fingerprint density at radius 3 is 2.42 bits per heavy atom. The van der Waals surface area contributed by atoms with Gasteiger partial charge in [0.1, 0.15) is 5.75 Å². The van der Waals surface area contributed by atoms with Gasteiger partial charge in [0.25, 0.3) is 0 Å². The summed E-state index contributed by atoms with van der Waals surface area (Å²) in [4.78, 5) is 0. The molecule has 1 heteroatoms.